The summed E-state index contributed by atoms with van der Waals surface area (Å²) in [6.07, 6.45) is -1.49. The molecule has 0 aliphatic heterocycles. The number of benzene rings is 1. The van der Waals surface area contributed by atoms with E-state index in [1.807, 2.05) is 12.1 Å². The number of rotatable bonds is 5. The molecule has 3 aromatic rings. The summed E-state index contributed by atoms with van der Waals surface area (Å²) in [6.45, 7) is 0.415. The van der Waals surface area contributed by atoms with Gasteiger partial charge >= 0.3 is 6.18 Å². The molecule has 26 heavy (non-hydrogen) atoms. The van der Waals surface area contributed by atoms with E-state index >= 15 is 0 Å². The monoisotopic (exact) mass is 380 g/mol. The van der Waals surface area contributed by atoms with Gasteiger partial charge < -0.3 is 10.6 Å². The van der Waals surface area contributed by atoms with Crippen molar-refractivity contribution in [3.63, 3.8) is 0 Å². The average Bonchev–Trinajstić information content (AvgIpc) is 2.62. The Hall–Kier alpha value is -2.94. The molecule has 0 amide bonds. The molecule has 0 atom stereocenters. The summed E-state index contributed by atoms with van der Waals surface area (Å²) in [7, 11) is 0. The Kier molecular flexibility index (Phi) is 5.17. The predicted octanol–water partition coefficient (Wildman–Crippen LogP) is 4.29. The number of nitrogens with one attached hydrogen (secondary N) is 2. The summed E-state index contributed by atoms with van der Waals surface area (Å²) in [5.41, 5.74) is 0.0000927. The standard InChI is InChI=1S/C16H12ClF3N6/c17-13-5-4-10(7-12(13)16(18,19)20)24-15-25-14(9-23-26-15)22-8-11-3-1-2-6-21-11/h1-7,9H,8H2,(H2,22,24,25,26). The number of aromatic nitrogens is 4. The summed E-state index contributed by atoms with van der Waals surface area (Å²) in [4.78, 5) is 8.32. The SMILES string of the molecule is FC(F)(F)c1cc(Nc2nncc(NCc3ccccn3)n2)ccc1Cl. The van der Waals surface area contributed by atoms with Crippen molar-refractivity contribution in [2.24, 2.45) is 0 Å². The predicted molar refractivity (Wildman–Crippen MR) is 91.1 cm³/mol. The Morgan fingerprint density at radius 2 is 1.96 bits per heavy atom. The first-order chi connectivity index (χ1) is 12.4. The summed E-state index contributed by atoms with van der Waals surface area (Å²) in [5, 5.41) is 12.9. The largest absolute Gasteiger partial charge is 0.417 e. The van der Waals surface area contributed by atoms with E-state index in [-0.39, 0.29) is 16.7 Å². The van der Waals surface area contributed by atoms with Gasteiger partial charge in [0.1, 0.15) is 0 Å². The van der Waals surface area contributed by atoms with Crippen LogP contribution in [0.25, 0.3) is 0 Å². The van der Waals surface area contributed by atoms with Crippen molar-refractivity contribution in [1.29, 1.82) is 0 Å². The molecule has 0 saturated carbocycles. The molecule has 0 bridgehead atoms. The molecule has 3 rings (SSSR count). The molecule has 134 valence electrons. The lowest BCUT2D eigenvalue weighted by molar-refractivity contribution is -0.137. The minimum Gasteiger partial charge on any atom is -0.363 e. The maximum absolute atomic E-state index is 12.9. The van der Waals surface area contributed by atoms with Crippen molar-refractivity contribution in [3.8, 4) is 0 Å². The molecule has 0 spiro atoms. The van der Waals surface area contributed by atoms with Crippen LogP contribution in [0.5, 0.6) is 0 Å². The molecule has 10 heteroatoms. The topological polar surface area (TPSA) is 75.6 Å². The lowest BCUT2D eigenvalue weighted by atomic mass is 10.2. The Labute approximate surface area is 151 Å². The van der Waals surface area contributed by atoms with E-state index in [1.165, 1.54) is 12.3 Å². The van der Waals surface area contributed by atoms with Gasteiger partial charge in [0.25, 0.3) is 0 Å². The van der Waals surface area contributed by atoms with Crippen LogP contribution in [0.15, 0.2) is 48.8 Å². The lowest BCUT2D eigenvalue weighted by Crippen LogP contribution is -2.08. The normalized spacial score (nSPS) is 11.2. The average molecular weight is 381 g/mol. The molecule has 2 aromatic heterocycles. The van der Waals surface area contributed by atoms with Crippen molar-refractivity contribution >= 4 is 29.1 Å². The smallest absolute Gasteiger partial charge is 0.363 e. The number of hydrogen-bond acceptors (Lipinski definition) is 6. The number of nitrogens with zero attached hydrogens (tertiary/aromatic N) is 4. The van der Waals surface area contributed by atoms with Crippen LogP contribution in [0, 0.1) is 0 Å². The molecule has 2 N–H and O–H groups in total. The molecule has 0 fully saturated rings. The third kappa shape index (κ3) is 4.57. The quantitative estimate of drug-likeness (QED) is 0.687. The Morgan fingerprint density at radius 3 is 2.69 bits per heavy atom. The highest BCUT2D eigenvalue weighted by molar-refractivity contribution is 6.31. The van der Waals surface area contributed by atoms with Crippen molar-refractivity contribution in [3.05, 3.63) is 65.1 Å². The number of hydrogen-bond donors (Lipinski definition) is 2. The van der Waals surface area contributed by atoms with E-state index in [4.69, 9.17) is 11.6 Å². The third-order valence-corrected chi connectivity index (χ3v) is 3.59. The van der Waals surface area contributed by atoms with Gasteiger partial charge in [0.2, 0.25) is 5.95 Å². The van der Waals surface area contributed by atoms with E-state index in [0.29, 0.717) is 12.4 Å². The van der Waals surface area contributed by atoms with Crippen LogP contribution in [0.3, 0.4) is 0 Å². The Balaban J connectivity index is 1.73. The zero-order valence-corrected chi connectivity index (χ0v) is 13.9. The number of alkyl halides is 3. The van der Waals surface area contributed by atoms with Crippen LogP contribution < -0.4 is 10.6 Å². The highest BCUT2D eigenvalue weighted by Crippen LogP contribution is 2.36. The van der Waals surface area contributed by atoms with Gasteiger partial charge in [-0.25, -0.2) is 0 Å². The first kappa shape index (κ1) is 17.9. The molecule has 0 aliphatic carbocycles. The highest BCUT2D eigenvalue weighted by Gasteiger charge is 2.33. The molecule has 2 heterocycles. The fraction of sp³-hybridized carbons (Fsp3) is 0.125. The van der Waals surface area contributed by atoms with Gasteiger partial charge in [-0.2, -0.15) is 23.3 Å². The fourth-order valence-corrected chi connectivity index (χ4v) is 2.30. The second-order valence-electron chi connectivity index (χ2n) is 5.16. The van der Waals surface area contributed by atoms with Crippen LogP contribution in [0.2, 0.25) is 5.02 Å². The van der Waals surface area contributed by atoms with Crippen LogP contribution in [0.4, 0.5) is 30.6 Å². The minimum atomic E-state index is -4.56. The van der Waals surface area contributed by atoms with Crippen LogP contribution in [-0.2, 0) is 12.7 Å². The maximum atomic E-state index is 12.9. The molecular weight excluding hydrogens is 369 g/mol. The van der Waals surface area contributed by atoms with Crippen molar-refractivity contribution in [2.75, 3.05) is 10.6 Å². The number of halogens is 4. The lowest BCUT2D eigenvalue weighted by Gasteiger charge is -2.12. The maximum Gasteiger partial charge on any atom is 0.417 e. The fourth-order valence-electron chi connectivity index (χ4n) is 2.07. The third-order valence-electron chi connectivity index (χ3n) is 3.26. The van der Waals surface area contributed by atoms with E-state index in [1.54, 1.807) is 12.3 Å². The van der Waals surface area contributed by atoms with Gasteiger partial charge in [0.05, 0.1) is 29.0 Å². The zero-order chi connectivity index (χ0) is 18.6. The first-order valence-corrected chi connectivity index (χ1v) is 7.77. The van der Waals surface area contributed by atoms with Gasteiger partial charge in [0.15, 0.2) is 5.82 Å². The van der Waals surface area contributed by atoms with Crippen molar-refractivity contribution < 1.29 is 13.2 Å². The molecule has 6 nitrogen and oxygen atoms in total. The minimum absolute atomic E-state index is 0.0477. The van der Waals surface area contributed by atoms with E-state index in [0.717, 1.165) is 17.8 Å². The van der Waals surface area contributed by atoms with Gasteiger partial charge in [-0.1, -0.05) is 17.7 Å². The number of anilines is 3. The van der Waals surface area contributed by atoms with Crippen LogP contribution >= 0.6 is 11.6 Å². The highest BCUT2D eigenvalue weighted by atomic mass is 35.5. The molecule has 0 radical (unpaired) electrons. The summed E-state index contributed by atoms with van der Waals surface area (Å²) in [6, 6.07) is 8.94. The van der Waals surface area contributed by atoms with Gasteiger partial charge in [0, 0.05) is 11.9 Å². The van der Waals surface area contributed by atoms with E-state index in [2.05, 4.69) is 30.8 Å². The van der Waals surface area contributed by atoms with E-state index in [9.17, 15) is 13.2 Å². The second kappa shape index (κ2) is 7.52. The Bertz CT molecular complexity index is 889. The van der Waals surface area contributed by atoms with Crippen LogP contribution in [0.1, 0.15) is 11.3 Å². The van der Waals surface area contributed by atoms with Crippen molar-refractivity contribution in [1.82, 2.24) is 20.2 Å². The molecule has 0 unspecified atom stereocenters. The summed E-state index contributed by atoms with van der Waals surface area (Å²) in [5.74, 6) is 0.449. The second-order valence-corrected chi connectivity index (χ2v) is 5.56. The molecule has 1 aromatic carbocycles. The zero-order valence-electron chi connectivity index (χ0n) is 13.1. The molecule has 0 saturated heterocycles. The Morgan fingerprint density at radius 1 is 1.12 bits per heavy atom. The van der Waals surface area contributed by atoms with Crippen molar-refractivity contribution in [2.45, 2.75) is 12.7 Å². The summed E-state index contributed by atoms with van der Waals surface area (Å²) < 4.78 is 38.8. The molecular formula is C16H12ClF3N6. The number of pyridine rings is 1. The molecule has 0 aliphatic rings. The summed E-state index contributed by atoms with van der Waals surface area (Å²) >= 11 is 5.60. The van der Waals surface area contributed by atoms with Crippen LogP contribution in [-0.4, -0.2) is 20.2 Å². The first-order valence-electron chi connectivity index (χ1n) is 7.39. The van der Waals surface area contributed by atoms with E-state index < -0.39 is 11.7 Å². The van der Waals surface area contributed by atoms with Gasteiger partial charge in [-0.05, 0) is 30.3 Å². The van der Waals surface area contributed by atoms with Gasteiger partial charge in [-0.3, -0.25) is 4.98 Å². The van der Waals surface area contributed by atoms with Gasteiger partial charge in [-0.15, -0.1) is 5.10 Å².